The lowest BCUT2D eigenvalue weighted by atomic mass is 10.1. The quantitative estimate of drug-likeness (QED) is 0.637. The van der Waals surface area contributed by atoms with Crippen molar-refractivity contribution in [3.63, 3.8) is 0 Å². The van der Waals surface area contributed by atoms with Crippen LogP contribution in [0.5, 0.6) is 0 Å². The van der Waals surface area contributed by atoms with Gasteiger partial charge in [-0.15, -0.1) is 0 Å². The number of ether oxygens (including phenoxy) is 1. The molecule has 0 spiro atoms. The Morgan fingerprint density at radius 1 is 1.33 bits per heavy atom. The summed E-state index contributed by atoms with van der Waals surface area (Å²) in [4.78, 5) is 34.5. The summed E-state index contributed by atoms with van der Waals surface area (Å²) in [5.74, 6) is -1.27. The van der Waals surface area contributed by atoms with Gasteiger partial charge in [0.1, 0.15) is 5.69 Å². The smallest absolute Gasteiger partial charge is 0.335 e. The molecule has 112 valence electrons. The lowest BCUT2D eigenvalue weighted by molar-refractivity contribution is -0.383. The molecule has 0 radical (unpaired) electrons. The van der Waals surface area contributed by atoms with Crippen LogP contribution in [0.1, 0.15) is 10.4 Å². The highest BCUT2D eigenvalue weighted by Gasteiger charge is 2.22. The van der Waals surface area contributed by atoms with Crippen LogP contribution in [0.3, 0.4) is 0 Å². The van der Waals surface area contributed by atoms with Crippen LogP contribution in [-0.2, 0) is 4.74 Å². The third-order valence-electron chi connectivity index (χ3n) is 2.98. The molecule has 0 saturated carbocycles. The van der Waals surface area contributed by atoms with E-state index in [1.807, 2.05) is 0 Å². The fourth-order valence-corrected chi connectivity index (χ4v) is 1.88. The predicted octanol–water partition coefficient (Wildman–Crippen LogP) is 1.16. The van der Waals surface area contributed by atoms with Crippen LogP contribution in [0.25, 0.3) is 0 Å². The van der Waals surface area contributed by atoms with E-state index in [1.165, 1.54) is 17.0 Å². The van der Waals surface area contributed by atoms with Crippen LogP contribution in [0.15, 0.2) is 18.2 Å². The fraction of sp³-hybridized carbons (Fsp3) is 0.333. The van der Waals surface area contributed by atoms with Crippen molar-refractivity contribution in [2.75, 3.05) is 31.6 Å². The second kappa shape index (κ2) is 6.18. The first-order valence-corrected chi connectivity index (χ1v) is 6.14. The van der Waals surface area contributed by atoms with Gasteiger partial charge in [-0.3, -0.25) is 10.1 Å². The molecule has 1 aliphatic heterocycles. The molecule has 1 aromatic rings. The van der Waals surface area contributed by atoms with E-state index in [0.29, 0.717) is 26.3 Å². The van der Waals surface area contributed by atoms with Crippen molar-refractivity contribution in [1.29, 1.82) is 0 Å². The topological polar surface area (TPSA) is 122 Å². The van der Waals surface area contributed by atoms with E-state index < -0.39 is 22.6 Å². The van der Waals surface area contributed by atoms with Crippen molar-refractivity contribution >= 4 is 23.4 Å². The molecule has 1 heterocycles. The van der Waals surface area contributed by atoms with Gasteiger partial charge in [0.2, 0.25) is 0 Å². The number of benzene rings is 1. The average molecular weight is 295 g/mol. The highest BCUT2D eigenvalue weighted by atomic mass is 16.6. The highest BCUT2D eigenvalue weighted by molar-refractivity contribution is 5.94. The first-order valence-electron chi connectivity index (χ1n) is 6.14. The number of nitro benzene ring substituents is 1. The number of carbonyl (C=O) groups excluding carboxylic acids is 1. The van der Waals surface area contributed by atoms with E-state index in [-0.39, 0.29) is 11.3 Å². The van der Waals surface area contributed by atoms with Gasteiger partial charge in [-0.2, -0.15) is 0 Å². The van der Waals surface area contributed by atoms with Gasteiger partial charge in [0.05, 0.1) is 23.7 Å². The Bertz CT molecular complexity index is 582. The summed E-state index contributed by atoms with van der Waals surface area (Å²) in [6, 6.07) is 2.84. The Labute approximate surface area is 119 Å². The summed E-state index contributed by atoms with van der Waals surface area (Å²) in [5, 5.41) is 22.2. The average Bonchev–Trinajstić information content (AvgIpc) is 2.48. The molecule has 0 unspecified atom stereocenters. The fourth-order valence-electron chi connectivity index (χ4n) is 1.88. The van der Waals surface area contributed by atoms with Gasteiger partial charge in [-0.25, -0.2) is 9.59 Å². The number of rotatable bonds is 3. The van der Waals surface area contributed by atoms with Crippen LogP contribution in [-0.4, -0.2) is 53.2 Å². The minimum Gasteiger partial charge on any atom is -0.478 e. The molecule has 2 amide bonds. The third kappa shape index (κ3) is 3.45. The summed E-state index contributed by atoms with van der Waals surface area (Å²) < 4.78 is 5.11. The zero-order chi connectivity index (χ0) is 15.4. The maximum atomic E-state index is 12.0. The van der Waals surface area contributed by atoms with Crippen molar-refractivity contribution in [1.82, 2.24) is 4.90 Å². The van der Waals surface area contributed by atoms with Gasteiger partial charge in [-0.1, -0.05) is 0 Å². The second-order valence-electron chi connectivity index (χ2n) is 4.32. The number of morpholine rings is 1. The van der Waals surface area contributed by atoms with Crippen LogP contribution in [0.2, 0.25) is 0 Å². The molecule has 2 rings (SSSR count). The lowest BCUT2D eigenvalue weighted by Gasteiger charge is -2.26. The number of urea groups is 1. The van der Waals surface area contributed by atoms with Gasteiger partial charge in [0.15, 0.2) is 0 Å². The van der Waals surface area contributed by atoms with Crippen molar-refractivity contribution in [3.05, 3.63) is 33.9 Å². The SMILES string of the molecule is O=C(O)c1ccc(NC(=O)N2CCOCC2)c([N+](=O)[O-])c1. The molecule has 0 aromatic heterocycles. The molecule has 9 nitrogen and oxygen atoms in total. The molecule has 0 aliphatic carbocycles. The summed E-state index contributed by atoms with van der Waals surface area (Å²) >= 11 is 0. The van der Waals surface area contributed by atoms with E-state index in [9.17, 15) is 19.7 Å². The molecule has 1 fully saturated rings. The van der Waals surface area contributed by atoms with Crippen LogP contribution >= 0.6 is 0 Å². The number of carboxylic acid groups (broad SMARTS) is 1. The summed E-state index contributed by atoms with van der Waals surface area (Å²) in [6.45, 7) is 1.61. The lowest BCUT2D eigenvalue weighted by Crippen LogP contribution is -2.43. The Morgan fingerprint density at radius 3 is 2.57 bits per heavy atom. The molecule has 0 bridgehead atoms. The van der Waals surface area contributed by atoms with E-state index >= 15 is 0 Å². The number of carboxylic acids is 1. The molecule has 1 aliphatic rings. The number of anilines is 1. The van der Waals surface area contributed by atoms with Crippen molar-refractivity contribution in [2.45, 2.75) is 0 Å². The van der Waals surface area contributed by atoms with Gasteiger partial charge in [0, 0.05) is 19.2 Å². The van der Waals surface area contributed by atoms with E-state index in [0.717, 1.165) is 6.07 Å². The van der Waals surface area contributed by atoms with Crippen LogP contribution in [0, 0.1) is 10.1 Å². The maximum Gasteiger partial charge on any atom is 0.335 e. The zero-order valence-corrected chi connectivity index (χ0v) is 10.9. The Morgan fingerprint density at radius 2 is 2.00 bits per heavy atom. The number of nitrogens with one attached hydrogen (secondary N) is 1. The first-order chi connectivity index (χ1) is 9.99. The van der Waals surface area contributed by atoms with Gasteiger partial charge in [-0.05, 0) is 12.1 Å². The number of amides is 2. The van der Waals surface area contributed by atoms with Gasteiger partial charge < -0.3 is 20.1 Å². The van der Waals surface area contributed by atoms with Crippen molar-refractivity contribution in [2.24, 2.45) is 0 Å². The Hall–Kier alpha value is -2.68. The molecular weight excluding hydrogens is 282 g/mol. The largest absolute Gasteiger partial charge is 0.478 e. The number of aromatic carboxylic acids is 1. The van der Waals surface area contributed by atoms with Crippen LogP contribution in [0.4, 0.5) is 16.2 Å². The minimum atomic E-state index is -1.27. The molecular formula is C12H13N3O6. The number of hydrogen-bond acceptors (Lipinski definition) is 5. The normalized spacial score (nSPS) is 14.6. The maximum absolute atomic E-state index is 12.0. The molecule has 2 N–H and O–H groups in total. The first kappa shape index (κ1) is 14.7. The predicted molar refractivity (Wildman–Crippen MR) is 71.5 cm³/mol. The molecule has 0 atom stereocenters. The molecule has 9 heteroatoms. The molecule has 1 aromatic carbocycles. The summed E-state index contributed by atoms with van der Waals surface area (Å²) in [6.07, 6.45) is 0. The van der Waals surface area contributed by atoms with Crippen LogP contribution < -0.4 is 5.32 Å². The molecule has 21 heavy (non-hydrogen) atoms. The number of hydrogen-bond donors (Lipinski definition) is 2. The summed E-state index contributed by atoms with van der Waals surface area (Å²) in [7, 11) is 0. The highest BCUT2D eigenvalue weighted by Crippen LogP contribution is 2.26. The Balaban J connectivity index is 2.20. The van der Waals surface area contributed by atoms with E-state index in [2.05, 4.69) is 5.32 Å². The number of carbonyl (C=O) groups is 2. The zero-order valence-electron chi connectivity index (χ0n) is 10.9. The number of nitrogens with zero attached hydrogens (tertiary/aromatic N) is 2. The minimum absolute atomic E-state index is 0.0403. The standard InChI is InChI=1S/C12H13N3O6/c16-11(17)8-1-2-9(10(7-8)15(19)20)13-12(18)14-3-5-21-6-4-14/h1-2,7H,3-6H2,(H,13,18)(H,16,17). The van der Waals surface area contributed by atoms with Crippen molar-refractivity contribution in [3.8, 4) is 0 Å². The van der Waals surface area contributed by atoms with Gasteiger partial charge in [0.25, 0.3) is 5.69 Å². The monoisotopic (exact) mass is 295 g/mol. The van der Waals surface area contributed by atoms with E-state index in [4.69, 9.17) is 9.84 Å². The Kier molecular flexibility index (Phi) is 4.33. The summed E-state index contributed by atoms with van der Waals surface area (Å²) in [5.41, 5.74) is -0.718. The molecule has 1 saturated heterocycles. The van der Waals surface area contributed by atoms with Gasteiger partial charge >= 0.3 is 12.0 Å². The van der Waals surface area contributed by atoms with Crippen molar-refractivity contribution < 1.29 is 24.4 Å². The number of nitro groups is 1. The third-order valence-corrected chi connectivity index (χ3v) is 2.98. The van der Waals surface area contributed by atoms with E-state index in [1.54, 1.807) is 0 Å². The second-order valence-corrected chi connectivity index (χ2v) is 4.32.